The number of nitrogens with zero attached hydrogens (tertiary/aromatic N) is 2. The molecule has 2 nitrogen and oxygen atoms in total. The van der Waals surface area contributed by atoms with Crippen LogP contribution in [0, 0.1) is 13.8 Å². The van der Waals surface area contributed by atoms with Gasteiger partial charge in [0.2, 0.25) is 11.0 Å². The van der Waals surface area contributed by atoms with E-state index in [2.05, 4.69) is 83.8 Å². The molecule has 0 aromatic carbocycles. The van der Waals surface area contributed by atoms with Crippen molar-refractivity contribution in [2.24, 2.45) is 0 Å². The number of fused-ring (bicyclic) bond motifs is 7. The van der Waals surface area contributed by atoms with Crippen LogP contribution in [0.4, 0.5) is 0 Å². The quantitative estimate of drug-likeness (QED) is 0.379. The number of hydrogen-bond donors (Lipinski definition) is 0. The van der Waals surface area contributed by atoms with Gasteiger partial charge in [-0.05, 0) is 25.0 Å². The van der Waals surface area contributed by atoms with Crippen molar-refractivity contribution < 1.29 is 8.80 Å². The Bertz CT molecular complexity index is 1140. The second-order valence-electron chi connectivity index (χ2n) is 6.21. The van der Waals surface area contributed by atoms with Gasteiger partial charge in [-0.2, -0.15) is 8.80 Å². The Labute approximate surface area is 137 Å². The average molecular weight is 316 g/mol. The Morgan fingerprint density at radius 2 is 1.09 bits per heavy atom. The average Bonchev–Trinajstić information content (AvgIpc) is 2.94. The summed E-state index contributed by atoms with van der Waals surface area (Å²) in [6, 6.07) is 13.3. The second-order valence-corrected chi connectivity index (χ2v) is 7.29. The van der Waals surface area contributed by atoms with Crippen LogP contribution in [-0.2, 0) is 0 Å². The summed E-state index contributed by atoms with van der Waals surface area (Å²) in [7, 11) is 0. The largest absolute Gasteiger partial charge is 0.220 e. The number of hydrogen-bond acceptors (Lipinski definition) is 1. The van der Waals surface area contributed by atoms with Gasteiger partial charge in [0.25, 0.3) is 0 Å². The van der Waals surface area contributed by atoms with E-state index in [1.54, 1.807) is 0 Å². The van der Waals surface area contributed by atoms with Crippen molar-refractivity contribution >= 4 is 42.5 Å². The van der Waals surface area contributed by atoms with Crippen molar-refractivity contribution in [1.82, 2.24) is 0 Å². The fraction of sp³-hybridized carbons (Fsp3) is 0.100. The molecule has 23 heavy (non-hydrogen) atoms. The van der Waals surface area contributed by atoms with Gasteiger partial charge in [0.1, 0.15) is 0 Å². The molecule has 0 bridgehead atoms. The van der Waals surface area contributed by atoms with Crippen molar-refractivity contribution in [2.75, 3.05) is 0 Å². The van der Waals surface area contributed by atoms with Crippen molar-refractivity contribution in [3.8, 4) is 0 Å². The van der Waals surface area contributed by atoms with Crippen molar-refractivity contribution in [2.45, 2.75) is 13.8 Å². The SMILES string of the molecule is Cc1cc[n+]2ccc3sc4cc[n+]5ccc(C)cc5c4c3c2c1. The molecular formula is C20H16N2S+2. The summed E-state index contributed by atoms with van der Waals surface area (Å²) in [6.07, 6.45) is 8.62. The topological polar surface area (TPSA) is 8.20 Å². The Morgan fingerprint density at radius 1 is 0.652 bits per heavy atom. The van der Waals surface area contributed by atoms with Gasteiger partial charge in [-0.1, -0.05) is 0 Å². The number of rotatable bonds is 0. The summed E-state index contributed by atoms with van der Waals surface area (Å²) in [6.45, 7) is 4.31. The minimum absolute atomic E-state index is 1.28. The molecule has 0 N–H and O–H groups in total. The minimum atomic E-state index is 1.28. The van der Waals surface area contributed by atoms with Gasteiger partial charge < -0.3 is 0 Å². The molecule has 0 radical (unpaired) electrons. The number of aryl methyl sites for hydroxylation is 2. The van der Waals surface area contributed by atoms with E-state index in [1.807, 2.05) is 11.3 Å². The highest BCUT2D eigenvalue weighted by atomic mass is 32.1. The molecule has 5 heterocycles. The van der Waals surface area contributed by atoms with Crippen LogP contribution in [0.1, 0.15) is 11.1 Å². The molecule has 0 fully saturated rings. The zero-order valence-corrected chi connectivity index (χ0v) is 13.9. The fourth-order valence-corrected chi connectivity index (χ4v) is 4.51. The van der Waals surface area contributed by atoms with Crippen LogP contribution >= 0.6 is 11.3 Å². The number of aromatic nitrogens is 2. The third kappa shape index (κ3) is 1.80. The highest BCUT2D eigenvalue weighted by molar-refractivity contribution is 7.26. The highest BCUT2D eigenvalue weighted by Crippen LogP contribution is 2.36. The molecule has 110 valence electrons. The van der Waals surface area contributed by atoms with Crippen LogP contribution in [0.15, 0.2) is 61.2 Å². The van der Waals surface area contributed by atoms with E-state index in [0.29, 0.717) is 0 Å². The maximum Gasteiger partial charge on any atom is 0.220 e. The molecular weight excluding hydrogens is 300 g/mol. The first-order valence-electron chi connectivity index (χ1n) is 7.78. The number of thiophene rings is 1. The van der Waals surface area contributed by atoms with Crippen molar-refractivity contribution in [3.63, 3.8) is 0 Å². The predicted molar refractivity (Wildman–Crippen MR) is 95.1 cm³/mol. The Hall–Kier alpha value is -2.52. The molecule has 0 aliphatic carbocycles. The van der Waals surface area contributed by atoms with Gasteiger partial charge in [-0.3, -0.25) is 0 Å². The molecule has 0 aliphatic heterocycles. The first-order chi connectivity index (χ1) is 11.2. The van der Waals surface area contributed by atoms with Crippen LogP contribution < -0.4 is 8.80 Å². The minimum Gasteiger partial charge on any atom is -0.167 e. The zero-order chi connectivity index (χ0) is 15.6. The van der Waals surface area contributed by atoms with Gasteiger partial charge in [0, 0.05) is 45.8 Å². The second kappa shape index (κ2) is 4.49. The molecule has 5 aromatic heterocycles. The van der Waals surface area contributed by atoms with Gasteiger partial charge in [-0.25, -0.2) is 0 Å². The standard InChI is InChI=1S/C20H16N2S/c1-13-3-7-21-9-5-17-19(15(21)11-13)20-16-12-14(2)4-8-22(16)10-6-18(20)23-17/h3-12H,1-2H3/q+2. The smallest absolute Gasteiger partial charge is 0.167 e. The lowest BCUT2D eigenvalue weighted by molar-refractivity contribution is -0.511. The van der Waals surface area contributed by atoms with Crippen LogP contribution in [0.25, 0.3) is 31.2 Å². The molecule has 0 atom stereocenters. The molecule has 0 spiro atoms. The van der Waals surface area contributed by atoms with Crippen LogP contribution in [0.2, 0.25) is 0 Å². The summed E-state index contributed by atoms with van der Waals surface area (Å²) in [4.78, 5) is 0. The Kier molecular flexibility index (Phi) is 2.53. The third-order valence-corrected chi connectivity index (χ3v) is 5.65. The number of pyridine rings is 4. The molecule has 0 unspecified atom stereocenters. The highest BCUT2D eigenvalue weighted by Gasteiger charge is 2.19. The van der Waals surface area contributed by atoms with Gasteiger partial charge in [0.05, 0.1) is 10.8 Å². The first kappa shape index (κ1) is 13.0. The van der Waals surface area contributed by atoms with Crippen molar-refractivity contribution in [1.29, 1.82) is 0 Å². The maximum atomic E-state index is 2.29. The molecule has 3 heteroatoms. The van der Waals surface area contributed by atoms with E-state index >= 15 is 0 Å². The summed E-state index contributed by atoms with van der Waals surface area (Å²) < 4.78 is 7.14. The van der Waals surface area contributed by atoms with Gasteiger partial charge in [0.15, 0.2) is 24.8 Å². The summed E-state index contributed by atoms with van der Waals surface area (Å²) in [5.41, 5.74) is 5.15. The van der Waals surface area contributed by atoms with Crippen LogP contribution in [0.5, 0.6) is 0 Å². The summed E-state index contributed by atoms with van der Waals surface area (Å²) in [5.74, 6) is 0. The lowest BCUT2D eigenvalue weighted by Crippen LogP contribution is -2.21. The monoisotopic (exact) mass is 316 g/mol. The fourth-order valence-electron chi connectivity index (χ4n) is 3.40. The van der Waals surface area contributed by atoms with Gasteiger partial charge in [-0.15, -0.1) is 11.3 Å². The molecule has 0 saturated carbocycles. The van der Waals surface area contributed by atoms with Crippen LogP contribution in [-0.4, -0.2) is 0 Å². The lowest BCUT2D eigenvalue weighted by atomic mass is 10.1. The first-order valence-corrected chi connectivity index (χ1v) is 8.60. The molecule has 5 rings (SSSR count). The van der Waals surface area contributed by atoms with E-state index in [4.69, 9.17) is 0 Å². The Morgan fingerprint density at radius 3 is 1.57 bits per heavy atom. The molecule has 0 amide bonds. The normalized spacial score (nSPS) is 11.9. The predicted octanol–water partition coefficient (Wildman–Crippen LogP) is 4.15. The summed E-state index contributed by atoms with van der Waals surface area (Å²) in [5, 5.41) is 2.72. The van der Waals surface area contributed by atoms with E-state index in [9.17, 15) is 0 Å². The third-order valence-electron chi connectivity index (χ3n) is 4.53. The van der Waals surface area contributed by atoms with E-state index in [1.165, 1.54) is 42.3 Å². The molecule has 0 aliphatic rings. The van der Waals surface area contributed by atoms with E-state index in [-0.39, 0.29) is 0 Å². The maximum absolute atomic E-state index is 2.29. The van der Waals surface area contributed by atoms with E-state index < -0.39 is 0 Å². The van der Waals surface area contributed by atoms with Gasteiger partial charge >= 0.3 is 0 Å². The molecule has 0 saturated heterocycles. The zero-order valence-electron chi connectivity index (χ0n) is 13.1. The van der Waals surface area contributed by atoms with Crippen LogP contribution in [0.3, 0.4) is 0 Å². The summed E-state index contributed by atoms with van der Waals surface area (Å²) >= 11 is 1.88. The van der Waals surface area contributed by atoms with Crippen molar-refractivity contribution in [3.05, 3.63) is 72.3 Å². The lowest BCUT2D eigenvalue weighted by Gasteiger charge is -1.98. The van der Waals surface area contributed by atoms with E-state index in [0.717, 1.165) is 0 Å². The molecule has 5 aromatic rings. The Balaban J connectivity index is 2.14.